The molecule has 5 nitrogen and oxygen atoms in total. The molecule has 0 bridgehead atoms. The molecule has 2 aliphatic rings. The zero-order valence-corrected chi connectivity index (χ0v) is 11.4. The molecular formula is C12H18N2O3S. The predicted octanol–water partition coefficient (Wildman–Crippen LogP) is 0.671. The third kappa shape index (κ3) is 2.27. The zero-order valence-electron chi connectivity index (χ0n) is 10.6. The van der Waals surface area contributed by atoms with E-state index in [4.69, 9.17) is 0 Å². The number of carbonyl (C=O) groups excluding carboxylic acids is 1. The van der Waals surface area contributed by atoms with Gasteiger partial charge in [-0.2, -0.15) is 0 Å². The number of hydrogen-bond donors (Lipinski definition) is 2. The summed E-state index contributed by atoms with van der Waals surface area (Å²) < 4.78 is 0. The lowest BCUT2D eigenvalue weighted by Gasteiger charge is -2.29. The van der Waals surface area contributed by atoms with E-state index in [0.717, 1.165) is 25.1 Å². The molecule has 0 spiro atoms. The van der Waals surface area contributed by atoms with E-state index >= 15 is 0 Å². The lowest BCUT2D eigenvalue weighted by molar-refractivity contribution is -0.147. The highest BCUT2D eigenvalue weighted by atomic mass is 32.2. The van der Waals surface area contributed by atoms with Crippen LogP contribution in [-0.4, -0.2) is 52.1 Å². The topological polar surface area (TPSA) is 69.6 Å². The fourth-order valence-corrected chi connectivity index (χ4v) is 3.55. The van der Waals surface area contributed by atoms with Gasteiger partial charge in [-0.25, -0.2) is 4.79 Å². The number of aliphatic carboxylic acids is 1. The molecule has 18 heavy (non-hydrogen) atoms. The van der Waals surface area contributed by atoms with E-state index in [9.17, 15) is 14.7 Å². The minimum atomic E-state index is -0.906. The fraction of sp³-hybridized carbons (Fsp3) is 0.667. The van der Waals surface area contributed by atoms with Crippen LogP contribution >= 0.6 is 11.8 Å². The van der Waals surface area contributed by atoms with Gasteiger partial charge >= 0.3 is 5.97 Å². The third-order valence-corrected chi connectivity index (χ3v) is 4.94. The quantitative estimate of drug-likeness (QED) is 0.738. The second kappa shape index (κ2) is 5.32. The number of carboxylic acid groups (broad SMARTS) is 1. The Morgan fingerprint density at radius 2 is 2.17 bits per heavy atom. The van der Waals surface area contributed by atoms with Crippen LogP contribution in [-0.2, 0) is 9.59 Å². The van der Waals surface area contributed by atoms with E-state index < -0.39 is 12.0 Å². The Hall–Kier alpha value is -1.01. The van der Waals surface area contributed by atoms with E-state index in [1.54, 1.807) is 23.6 Å². The van der Waals surface area contributed by atoms with Crippen molar-refractivity contribution in [3.63, 3.8) is 0 Å². The van der Waals surface area contributed by atoms with Crippen molar-refractivity contribution < 1.29 is 14.7 Å². The largest absolute Gasteiger partial charge is 0.480 e. The van der Waals surface area contributed by atoms with E-state index in [0.29, 0.717) is 11.3 Å². The maximum atomic E-state index is 12.4. The van der Waals surface area contributed by atoms with Gasteiger partial charge in [0.2, 0.25) is 0 Å². The highest BCUT2D eigenvalue weighted by Crippen LogP contribution is 2.33. The van der Waals surface area contributed by atoms with Crippen molar-refractivity contribution in [1.29, 1.82) is 0 Å². The monoisotopic (exact) mass is 270 g/mol. The maximum absolute atomic E-state index is 12.4. The predicted molar refractivity (Wildman–Crippen MR) is 70.4 cm³/mol. The number of nitrogens with one attached hydrogen (secondary N) is 1. The molecule has 2 aliphatic heterocycles. The number of hydrogen-bond acceptors (Lipinski definition) is 4. The van der Waals surface area contributed by atoms with Gasteiger partial charge in [0.25, 0.3) is 5.91 Å². The van der Waals surface area contributed by atoms with E-state index in [1.165, 1.54) is 0 Å². The van der Waals surface area contributed by atoms with Crippen molar-refractivity contribution in [1.82, 2.24) is 10.2 Å². The van der Waals surface area contributed by atoms with Crippen molar-refractivity contribution in [2.45, 2.75) is 31.7 Å². The molecule has 6 heteroatoms. The fourth-order valence-electron chi connectivity index (χ4n) is 2.20. The summed E-state index contributed by atoms with van der Waals surface area (Å²) in [5.41, 5.74) is 1.80. The van der Waals surface area contributed by atoms with Crippen LogP contribution in [0.4, 0.5) is 0 Å². The van der Waals surface area contributed by atoms with Crippen molar-refractivity contribution >= 4 is 23.6 Å². The minimum Gasteiger partial charge on any atom is -0.480 e. The Labute approximate surface area is 111 Å². The molecule has 2 saturated heterocycles. The molecule has 0 aliphatic carbocycles. The molecule has 0 aromatic heterocycles. The molecule has 100 valence electrons. The van der Waals surface area contributed by atoms with Gasteiger partial charge in [0.1, 0.15) is 6.04 Å². The van der Waals surface area contributed by atoms with Gasteiger partial charge in [-0.1, -0.05) is 6.92 Å². The van der Waals surface area contributed by atoms with Crippen molar-refractivity contribution in [3.8, 4) is 0 Å². The van der Waals surface area contributed by atoms with Gasteiger partial charge < -0.3 is 15.3 Å². The van der Waals surface area contributed by atoms with E-state index in [1.807, 2.05) is 6.92 Å². The molecule has 2 unspecified atom stereocenters. The van der Waals surface area contributed by atoms with Crippen LogP contribution in [0.25, 0.3) is 0 Å². The van der Waals surface area contributed by atoms with Gasteiger partial charge in [0.05, 0.1) is 5.37 Å². The second-order valence-electron chi connectivity index (χ2n) is 4.59. The first kappa shape index (κ1) is 13.4. The van der Waals surface area contributed by atoms with Gasteiger partial charge in [-0.15, -0.1) is 11.8 Å². The summed E-state index contributed by atoms with van der Waals surface area (Å²) >= 11 is 1.56. The van der Waals surface area contributed by atoms with Crippen molar-refractivity contribution in [3.05, 3.63) is 11.1 Å². The first-order chi connectivity index (χ1) is 8.56. The molecule has 2 atom stereocenters. The highest BCUT2D eigenvalue weighted by molar-refractivity contribution is 8.00. The minimum absolute atomic E-state index is 0.0119. The first-order valence-electron chi connectivity index (χ1n) is 6.12. The van der Waals surface area contributed by atoms with Crippen LogP contribution in [0.3, 0.4) is 0 Å². The number of carbonyl (C=O) groups is 2. The molecule has 2 heterocycles. The summed E-state index contributed by atoms with van der Waals surface area (Å²) in [7, 11) is 0. The van der Waals surface area contributed by atoms with Gasteiger partial charge in [0.15, 0.2) is 0 Å². The normalized spacial score (nSPS) is 27.0. The summed E-state index contributed by atoms with van der Waals surface area (Å²) in [6, 6.07) is -0.684. The lowest BCUT2D eigenvalue weighted by atomic mass is 10.0. The molecule has 2 N–H and O–H groups in total. The van der Waals surface area contributed by atoms with Crippen LogP contribution in [0.1, 0.15) is 20.3 Å². The summed E-state index contributed by atoms with van der Waals surface area (Å²) in [6.07, 6.45) is 0.779. The number of carboxylic acids is 1. The summed E-state index contributed by atoms with van der Waals surface area (Å²) in [5.74, 6) is -0.535. The van der Waals surface area contributed by atoms with Crippen molar-refractivity contribution in [2.24, 2.45) is 0 Å². The number of amides is 1. The Kier molecular flexibility index (Phi) is 3.97. The summed E-state index contributed by atoms with van der Waals surface area (Å²) in [5, 5.41) is 12.3. The molecule has 0 radical (unpaired) electrons. The molecule has 0 aromatic rings. The van der Waals surface area contributed by atoms with Gasteiger partial charge in [-0.05, 0) is 18.9 Å². The Bertz CT molecular complexity index is 402. The smallest absolute Gasteiger partial charge is 0.327 e. The van der Waals surface area contributed by atoms with Crippen LogP contribution < -0.4 is 5.32 Å². The van der Waals surface area contributed by atoms with E-state index in [2.05, 4.69) is 5.32 Å². The van der Waals surface area contributed by atoms with Crippen LogP contribution in [0.2, 0.25) is 0 Å². The summed E-state index contributed by atoms with van der Waals surface area (Å²) in [6.45, 7) is 5.27. The lowest BCUT2D eigenvalue weighted by Crippen LogP contribution is -2.47. The Morgan fingerprint density at radius 1 is 1.50 bits per heavy atom. The van der Waals surface area contributed by atoms with Crippen LogP contribution in [0.15, 0.2) is 11.1 Å². The highest BCUT2D eigenvalue weighted by Gasteiger charge is 2.41. The Morgan fingerprint density at radius 3 is 2.61 bits per heavy atom. The molecule has 2 fully saturated rings. The summed E-state index contributed by atoms with van der Waals surface area (Å²) in [4.78, 5) is 25.2. The number of nitrogens with zero attached hydrogens (tertiary/aromatic N) is 1. The van der Waals surface area contributed by atoms with Gasteiger partial charge in [0, 0.05) is 24.4 Å². The molecule has 0 aromatic carbocycles. The van der Waals surface area contributed by atoms with Crippen LogP contribution in [0.5, 0.6) is 0 Å². The zero-order chi connectivity index (χ0) is 13.3. The van der Waals surface area contributed by atoms with E-state index in [-0.39, 0.29) is 11.3 Å². The average Bonchev–Trinajstić information content (AvgIpc) is 2.68. The average molecular weight is 270 g/mol. The third-order valence-electron chi connectivity index (χ3n) is 3.49. The first-order valence-corrected chi connectivity index (χ1v) is 7.17. The second-order valence-corrected chi connectivity index (χ2v) is 5.81. The van der Waals surface area contributed by atoms with Crippen LogP contribution in [0, 0.1) is 0 Å². The molecule has 0 saturated carbocycles. The number of rotatable bonds is 3. The van der Waals surface area contributed by atoms with Gasteiger partial charge in [-0.3, -0.25) is 4.79 Å². The van der Waals surface area contributed by atoms with Crippen molar-refractivity contribution in [2.75, 3.05) is 18.8 Å². The standard InChI is InChI=1S/C12H18N2O3S/c1-3-10-14(9(6-18-10)12(16)17)11(15)7(2)8-4-13-5-8/h9-10,13H,3-6H2,1-2H3,(H,16,17). The molecular weight excluding hydrogens is 252 g/mol. The molecule has 2 rings (SSSR count). The SMILES string of the molecule is CCC1SCC(C(=O)O)N1C(=O)C(C)=C1CNC1. The Balaban J connectivity index is 2.21. The maximum Gasteiger partial charge on any atom is 0.327 e. The molecule has 1 amide bonds. The number of thioether (sulfide) groups is 1.